The van der Waals surface area contributed by atoms with Crippen molar-refractivity contribution in [1.29, 1.82) is 0 Å². The highest BCUT2D eigenvalue weighted by Crippen LogP contribution is 2.33. The molecule has 1 aliphatic rings. The van der Waals surface area contributed by atoms with Crippen LogP contribution in [0.5, 0.6) is 0 Å². The number of hydrogen-bond acceptors (Lipinski definition) is 5. The van der Waals surface area contributed by atoms with Crippen LogP contribution in [0.3, 0.4) is 0 Å². The highest BCUT2D eigenvalue weighted by atomic mass is 16.6. The molecule has 0 aromatic heterocycles. The first-order valence-electron chi connectivity index (χ1n) is 8.11. The molecular weight excluding hydrogens is 296 g/mol. The van der Waals surface area contributed by atoms with Crippen LogP contribution in [-0.4, -0.2) is 29.8 Å². The Hall–Kier alpha value is -1.66. The maximum absolute atomic E-state index is 11.2. The third-order valence-corrected chi connectivity index (χ3v) is 4.38. The largest absolute Gasteiger partial charge is 0.392 e. The standard InChI is InChI=1S/C17H26N2O4/c1-17(2,10-13-5-7-23-8-6-13)12-18-15-9-14(11-20)3-4-16(15)19(21)22/h3-4,9,13,18,20H,5-8,10-12H2,1-2H3. The van der Waals surface area contributed by atoms with Gasteiger partial charge in [-0.05, 0) is 48.3 Å². The normalized spacial score (nSPS) is 16.3. The SMILES string of the molecule is CC(C)(CNc1cc(CO)ccc1[N+](=O)[O-])CC1CCOCC1. The quantitative estimate of drug-likeness (QED) is 0.594. The minimum atomic E-state index is -0.394. The van der Waals surface area contributed by atoms with Gasteiger partial charge in [0.25, 0.3) is 5.69 Å². The lowest BCUT2D eigenvalue weighted by molar-refractivity contribution is -0.384. The highest BCUT2D eigenvalue weighted by Gasteiger charge is 2.26. The zero-order chi connectivity index (χ0) is 16.9. The Morgan fingerprint density at radius 1 is 1.39 bits per heavy atom. The van der Waals surface area contributed by atoms with Crippen LogP contribution in [0.1, 0.15) is 38.7 Å². The van der Waals surface area contributed by atoms with E-state index in [9.17, 15) is 15.2 Å². The molecule has 128 valence electrons. The number of nitrogens with zero attached hydrogens (tertiary/aromatic N) is 1. The molecular formula is C17H26N2O4. The Morgan fingerprint density at radius 2 is 2.09 bits per heavy atom. The molecule has 0 atom stereocenters. The monoisotopic (exact) mass is 322 g/mol. The van der Waals surface area contributed by atoms with E-state index in [1.165, 1.54) is 6.07 Å². The molecule has 6 nitrogen and oxygen atoms in total. The number of rotatable bonds is 7. The van der Waals surface area contributed by atoms with Crippen LogP contribution >= 0.6 is 0 Å². The van der Waals surface area contributed by atoms with Crippen LogP contribution in [0.2, 0.25) is 0 Å². The van der Waals surface area contributed by atoms with Gasteiger partial charge in [-0.2, -0.15) is 0 Å². The molecule has 23 heavy (non-hydrogen) atoms. The summed E-state index contributed by atoms with van der Waals surface area (Å²) in [7, 11) is 0. The summed E-state index contributed by atoms with van der Waals surface area (Å²) in [5, 5.41) is 23.6. The number of nitro groups is 1. The Bertz CT molecular complexity index is 539. The van der Waals surface area contributed by atoms with Gasteiger partial charge in [0.2, 0.25) is 0 Å². The molecule has 0 unspecified atom stereocenters. The number of benzene rings is 1. The molecule has 0 amide bonds. The summed E-state index contributed by atoms with van der Waals surface area (Å²) >= 11 is 0. The Labute approximate surface area is 137 Å². The van der Waals surface area contributed by atoms with E-state index in [0.29, 0.717) is 23.7 Å². The van der Waals surface area contributed by atoms with Crippen LogP contribution in [0.15, 0.2) is 18.2 Å². The number of anilines is 1. The third-order valence-electron chi connectivity index (χ3n) is 4.38. The Morgan fingerprint density at radius 3 is 2.70 bits per heavy atom. The molecule has 1 aromatic rings. The van der Waals surface area contributed by atoms with Crippen molar-refractivity contribution in [3.05, 3.63) is 33.9 Å². The van der Waals surface area contributed by atoms with Crippen LogP contribution < -0.4 is 5.32 Å². The zero-order valence-electron chi connectivity index (χ0n) is 13.9. The van der Waals surface area contributed by atoms with Gasteiger partial charge < -0.3 is 15.2 Å². The Balaban J connectivity index is 2.01. The number of nitrogens with one attached hydrogen (secondary N) is 1. The average Bonchev–Trinajstić information content (AvgIpc) is 2.53. The molecule has 1 aromatic carbocycles. The third kappa shape index (κ3) is 5.18. The van der Waals surface area contributed by atoms with Crippen molar-refractivity contribution in [2.24, 2.45) is 11.3 Å². The van der Waals surface area contributed by atoms with Gasteiger partial charge in [-0.25, -0.2) is 0 Å². The van der Waals surface area contributed by atoms with Crippen molar-refractivity contribution < 1.29 is 14.8 Å². The van der Waals surface area contributed by atoms with Gasteiger partial charge in [0.1, 0.15) is 5.69 Å². The van der Waals surface area contributed by atoms with E-state index in [2.05, 4.69) is 19.2 Å². The van der Waals surface area contributed by atoms with Gasteiger partial charge in [0, 0.05) is 25.8 Å². The average molecular weight is 322 g/mol. The summed E-state index contributed by atoms with van der Waals surface area (Å²) in [5.41, 5.74) is 1.22. The van der Waals surface area contributed by atoms with E-state index in [-0.39, 0.29) is 17.7 Å². The van der Waals surface area contributed by atoms with Gasteiger partial charge in [0.15, 0.2) is 0 Å². The second-order valence-electron chi connectivity index (χ2n) is 7.04. The molecule has 0 spiro atoms. The first kappa shape index (κ1) is 17.7. The summed E-state index contributed by atoms with van der Waals surface area (Å²) < 4.78 is 5.40. The molecule has 0 bridgehead atoms. The number of aliphatic hydroxyl groups is 1. The molecule has 0 aliphatic carbocycles. The number of nitro benzene ring substituents is 1. The fourth-order valence-corrected chi connectivity index (χ4v) is 3.12. The minimum Gasteiger partial charge on any atom is -0.392 e. The summed E-state index contributed by atoms with van der Waals surface area (Å²) in [6.07, 6.45) is 3.24. The molecule has 1 fully saturated rings. The van der Waals surface area contributed by atoms with Crippen molar-refractivity contribution >= 4 is 11.4 Å². The van der Waals surface area contributed by atoms with Gasteiger partial charge in [-0.3, -0.25) is 10.1 Å². The van der Waals surface area contributed by atoms with Gasteiger partial charge in [-0.1, -0.05) is 13.8 Å². The molecule has 0 radical (unpaired) electrons. The van der Waals surface area contributed by atoms with E-state index in [0.717, 1.165) is 32.5 Å². The lowest BCUT2D eigenvalue weighted by Crippen LogP contribution is -2.28. The van der Waals surface area contributed by atoms with E-state index >= 15 is 0 Å². The Kier molecular flexibility index (Phi) is 5.96. The lowest BCUT2D eigenvalue weighted by atomic mass is 9.79. The summed E-state index contributed by atoms with van der Waals surface area (Å²) in [5.74, 6) is 0.652. The van der Waals surface area contributed by atoms with E-state index in [1.807, 2.05) is 0 Å². The fraction of sp³-hybridized carbons (Fsp3) is 0.647. The molecule has 0 saturated carbocycles. The number of ether oxygens (including phenoxy) is 1. The van der Waals surface area contributed by atoms with Crippen molar-refractivity contribution in [2.45, 2.75) is 39.7 Å². The maximum atomic E-state index is 11.2. The van der Waals surface area contributed by atoms with Crippen molar-refractivity contribution in [1.82, 2.24) is 0 Å². The summed E-state index contributed by atoms with van der Waals surface area (Å²) in [4.78, 5) is 10.8. The zero-order valence-corrected chi connectivity index (χ0v) is 13.9. The van der Waals surface area contributed by atoms with E-state index in [4.69, 9.17) is 4.74 Å². The fourth-order valence-electron chi connectivity index (χ4n) is 3.12. The van der Waals surface area contributed by atoms with Gasteiger partial charge >= 0.3 is 0 Å². The highest BCUT2D eigenvalue weighted by molar-refractivity contribution is 5.62. The van der Waals surface area contributed by atoms with Gasteiger partial charge in [-0.15, -0.1) is 0 Å². The topological polar surface area (TPSA) is 84.6 Å². The van der Waals surface area contributed by atoms with Crippen molar-refractivity contribution in [3.8, 4) is 0 Å². The number of aliphatic hydroxyl groups excluding tert-OH is 1. The lowest BCUT2D eigenvalue weighted by Gasteiger charge is -2.32. The minimum absolute atomic E-state index is 0.0328. The van der Waals surface area contributed by atoms with Crippen LogP contribution in [0.4, 0.5) is 11.4 Å². The molecule has 1 saturated heterocycles. The smallest absolute Gasteiger partial charge is 0.292 e. The van der Waals surface area contributed by atoms with E-state index < -0.39 is 4.92 Å². The van der Waals surface area contributed by atoms with Gasteiger partial charge in [0.05, 0.1) is 11.5 Å². The number of hydrogen-bond donors (Lipinski definition) is 2. The second kappa shape index (κ2) is 7.75. The molecule has 2 N–H and O–H groups in total. The second-order valence-corrected chi connectivity index (χ2v) is 7.04. The molecule has 2 rings (SSSR count). The van der Waals surface area contributed by atoms with Crippen molar-refractivity contribution in [3.63, 3.8) is 0 Å². The van der Waals surface area contributed by atoms with E-state index in [1.54, 1.807) is 12.1 Å². The predicted molar refractivity (Wildman–Crippen MR) is 89.4 cm³/mol. The molecule has 1 aliphatic heterocycles. The summed E-state index contributed by atoms with van der Waals surface area (Å²) in [6, 6.07) is 4.68. The van der Waals surface area contributed by atoms with Crippen LogP contribution in [0.25, 0.3) is 0 Å². The molecule has 6 heteroatoms. The van der Waals surface area contributed by atoms with Crippen molar-refractivity contribution in [2.75, 3.05) is 25.1 Å². The summed E-state index contributed by atoms with van der Waals surface area (Å²) in [6.45, 7) is 6.54. The first-order valence-corrected chi connectivity index (χ1v) is 8.11. The predicted octanol–water partition coefficient (Wildman–Crippen LogP) is 3.34. The van der Waals surface area contributed by atoms with Crippen LogP contribution in [-0.2, 0) is 11.3 Å². The first-order chi connectivity index (χ1) is 10.9. The molecule has 1 heterocycles. The maximum Gasteiger partial charge on any atom is 0.292 e. The van der Waals surface area contributed by atoms with Crippen LogP contribution in [0, 0.1) is 21.4 Å².